The first-order chi connectivity index (χ1) is 8.88. The number of hydrogen-bond donors (Lipinski definition) is 1. The van der Waals surface area contributed by atoms with Gasteiger partial charge in [-0.25, -0.2) is 0 Å². The Morgan fingerprint density at radius 3 is 2.72 bits per heavy atom. The van der Waals surface area contributed by atoms with E-state index in [1.165, 1.54) is 5.56 Å². The molecule has 96 valence electrons. The maximum atomic E-state index is 5.43. The maximum absolute atomic E-state index is 5.43. The summed E-state index contributed by atoms with van der Waals surface area (Å²) < 4.78 is 5.43. The predicted molar refractivity (Wildman–Crippen MR) is 72.4 cm³/mol. The van der Waals surface area contributed by atoms with Gasteiger partial charge in [-0.3, -0.25) is 4.98 Å². The van der Waals surface area contributed by atoms with E-state index in [4.69, 9.17) is 4.42 Å². The molecule has 0 saturated carbocycles. The summed E-state index contributed by atoms with van der Waals surface area (Å²) >= 11 is 0. The summed E-state index contributed by atoms with van der Waals surface area (Å²) in [6.45, 7) is 3.22. The smallest absolute Gasteiger partial charge is 0.105 e. The van der Waals surface area contributed by atoms with E-state index in [0.29, 0.717) is 6.04 Å². The first-order valence-electron chi connectivity index (χ1n) is 6.53. The fraction of sp³-hybridized carbons (Fsp3) is 0.400. The SMILES string of the molecule is CCCNC(Cc1ccncc1)Cc1ccco1. The molecule has 0 bridgehead atoms. The Hall–Kier alpha value is -1.61. The summed E-state index contributed by atoms with van der Waals surface area (Å²) in [5.74, 6) is 1.04. The van der Waals surface area contributed by atoms with Crippen molar-refractivity contribution in [3.05, 3.63) is 54.2 Å². The average molecular weight is 244 g/mol. The lowest BCUT2D eigenvalue weighted by Crippen LogP contribution is -2.33. The molecule has 0 aliphatic carbocycles. The highest BCUT2D eigenvalue weighted by molar-refractivity contribution is 5.12. The van der Waals surface area contributed by atoms with Crippen molar-refractivity contribution in [3.63, 3.8) is 0 Å². The molecule has 0 spiro atoms. The average Bonchev–Trinajstić information content (AvgIpc) is 2.90. The summed E-state index contributed by atoms with van der Waals surface area (Å²) in [4.78, 5) is 4.05. The van der Waals surface area contributed by atoms with Gasteiger partial charge in [0.2, 0.25) is 0 Å². The van der Waals surface area contributed by atoms with E-state index in [-0.39, 0.29) is 0 Å². The molecule has 2 aromatic rings. The van der Waals surface area contributed by atoms with Crippen molar-refractivity contribution < 1.29 is 4.42 Å². The molecule has 2 heterocycles. The largest absolute Gasteiger partial charge is 0.469 e. The lowest BCUT2D eigenvalue weighted by Gasteiger charge is -2.17. The van der Waals surface area contributed by atoms with Crippen molar-refractivity contribution in [1.29, 1.82) is 0 Å². The van der Waals surface area contributed by atoms with Crippen LogP contribution in [0.15, 0.2) is 47.3 Å². The molecule has 18 heavy (non-hydrogen) atoms. The van der Waals surface area contributed by atoms with Crippen molar-refractivity contribution >= 4 is 0 Å². The Kier molecular flexibility index (Phi) is 4.97. The van der Waals surface area contributed by atoms with Crippen LogP contribution in [0.4, 0.5) is 0 Å². The molecule has 1 N–H and O–H groups in total. The van der Waals surface area contributed by atoms with Crippen LogP contribution in [0.5, 0.6) is 0 Å². The number of nitrogens with zero attached hydrogens (tertiary/aromatic N) is 1. The Morgan fingerprint density at radius 1 is 1.22 bits per heavy atom. The van der Waals surface area contributed by atoms with E-state index < -0.39 is 0 Å². The van der Waals surface area contributed by atoms with Gasteiger partial charge in [0.15, 0.2) is 0 Å². The first kappa shape index (κ1) is 12.8. The van der Waals surface area contributed by atoms with Gasteiger partial charge in [0, 0.05) is 24.9 Å². The number of furan rings is 1. The fourth-order valence-electron chi connectivity index (χ4n) is 2.04. The highest BCUT2D eigenvalue weighted by atomic mass is 16.3. The van der Waals surface area contributed by atoms with Crippen molar-refractivity contribution in [2.45, 2.75) is 32.2 Å². The van der Waals surface area contributed by atoms with Crippen LogP contribution in [-0.4, -0.2) is 17.6 Å². The maximum Gasteiger partial charge on any atom is 0.105 e. The molecule has 2 rings (SSSR count). The monoisotopic (exact) mass is 244 g/mol. The van der Waals surface area contributed by atoms with Gasteiger partial charge in [0.25, 0.3) is 0 Å². The van der Waals surface area contributed by atoms with Gasteiger partial charge in [-0.2, -0.15) is 0 Å². The van der Waals surface area contributed by atoms with Crippen LogP contribution < -0.4 is 5.32 Å². The van der Waals surface area contributed by atoms with E-state index >= 15 is 0 Å². The second-order valence-electron chi connectivity index (χ2n) is 4.49. The molecule has 0 fully saturated rings. The van der Waals surface area contributed by atoms with Gasteiger partial charge in [0.1, 0.15) is 5.76 Å². The lowest BCUT2D eigenvalue weighted by atomic mass is 10.0. The standard InChI is InChI=1S/C15H20N2O/c1-2-7-17-14(12-15-4-3-10-18-15)11-13-5-8-16-9-6-13/h3-6,8-10,14,17H,2,7,11-12H2,1H3. The molecule has 0 aliphatic rings. The quantitative estimate of drug-likeness (QED) is 0.814. The molecule has 1 unspecified atom stereocenters. The summed E-state index contributed by atoms with van der Waals surface area (Å²) in [6.07, 6.45) is 8.50. The third kappa shape index (κ3) is 4.00. The Balaban J connectivity index is 1.96. The van der Waals surface area contributed by atoms with Gasteiger partial charge in [-0.05, 0) is 49.2 Å². The number of hydrogen-bond acceptors (Lipinski definition) is 3. The molecule has 0 aromatic carbocycles. The highest BCUT2D eigenvalue weighted by Crippen LogP contribution is 2.09. The van der Waals surface area contributed by atoms with Crippen LogP contribution in [0.1, 0.15) is 24.7 Å². The number of rotatable bonds is 7. The van der Waals surface area contributed by atoms with E-state index in [2.05, 4.69) is 29.4 Å². The van der Waals surface area contributed by atoms with E-state index in [9.17, 15) is 0 Å². The molecule has 3 heteroatoms. The number of aromatic nitrogens is 1. The van der Waals surface area contributed by atoms with E-state index in [1.807, 2.05) is 24.5 Å². The summed E-state index contributed by atoms with van der Waals surface area (Å²) in [5.41, 5.74) is 1.31. The second-order valence-corrected chi connectivity index (χ2v) is 4.49. The summed E-state index contributed by atoms with van der Waals surface area (Å²) in [6, 6.07) is 8.54. The predicted octanol–water partition coefficient (Wildman–Crippen LogP) is 2.83. The second kappa shape index (κ2) is 6.97. The van der Waals surface area contributed by atoms with Gasteiger partial charge in [-0.1, -0.05) is 6.92 Å². The van der Waals surface area contributed by atoms with E-state index in [0.717, 1.165) is 31.6 Å². The van der Waals surface area contributed by atoms with Crippen LogP contribution in [0.25, 0.3) is 0 Å². The molecule has 0 saturated heterocycles. The molecule has 0 radical (unpaired) electrons. The van der Waals surface area contributed by atoms with Crippen molar-refractivity contribution in [1.82, 2.24) is 10.3 Å². The van der Waals surface area contributed by atoms with Crippen LogP contribution in [0.2, 0.25) is 0 Å². The minimum absolute atomic E-state index is 0.415. The number of nitrogens with one attached hydrogen (secondary N) is 1. The van der Waals surface area contributed by atoms with Crippen molar-refractivity contribution in [2.75, 3.05) is 6.54 Å². The zero-order valence-electron chi connectivity index (χ0n) is 10.8. The topological polar surface area (TPSA) is 38.1 Å². The van der Waals surface area contributed by atoms with Crippen LogP contribution in [0.3, 0.4) is 0 Å². The number of pyridine rings is 1. The minimum atomic E-state index is 0.415. The van der Waals surface area contributed by atoms with Crippen molar-refractivity contribution in [3.8, 4) is 0 Å². The minimum Gasteiger partial charge on any atom is -0.469 e. The molecule has 1 atom stereocenters. The zero-order chi connectivity index (χ0) is 12.6. The molecule has 3 nitrogen and oxygen atoms in total. The molecule has 0 amide bonds. The van der Waals surface area contributed by atoms with Gasteiger partial charge in [-0.15, -0.1) is 0 Å². The van der Waals surface area contributed by atoms with Crippen LogP contribution in [0, 0.1) is 0 Å². The first-order valence-corrected chi connectivity index (χ1v) is 6.53. The zero-order valence-corrected chi connectivity index (χ0v) is 10.8. The Bertz CT molecular complexity index is 425. The normalized spacial score (nSPS) is 12.5. The van der Waals surface area contributed by atoms with Gasteiger partial charge >= 0.3 is 0 Å². The molecule has 0 aliphatic heterocycles. The van der Waals surface area contributed by atoms with Gasteiger partial charge < -0.3 is 9.73 Å². The third-order valence-corrected chi connectivity index (χ3v) is 2.94. The van der Waals surface area contributed by atoms with Crippen molar-refractivity contribution in [2.24, 2.45) is 0 Å². The van der Waals surface area contributed by atoms with Crippen LogP contribution >= 0.6 is 0 Å². The lowest BCUT2D eigenvalue weighted by molar-refractivity contribution is 0.438. The molecule has 2 aromatic heterocycles. The molecular formula is C15H20N2O. The third-order valence-electron chi connectivity index (χ3n) is 2.94. The summed E-state index contributed by atoms with van der Waals surface area (Å²) in [5, 5.41) is 3.58. The highest BCUT2D eigenvalue weighted by Gasteiger charge is 2.11. The molecular weight excluding hydrogens is 224 g/mol. The van der Waals surface area contributed by atoms with E-state index in [1.54, 1.807) is 6.26 Å². The Labute approximate surface area is 108 Å². The fourth-order valence-corrected chi connectivity index (χ4v) is 2.04. The summed E-state index contributed by atoms with van der Waals surface area (Å²) in [7, 11) is 0. The van der Waals surface area contributed by atoms with Crippen LogP contribution in [-0.2, 0) is 12.8 Å². The Morgan fingerprint density at radius 2 is 2.06 bits per heavy atom. The van der Waals surface area contributed by atoms with Gasteiger partial charge in [0.05, 0.1) is 6.26 Å².